The largest absolute Gasteiger partial charge is 0.415 e. The fourth-order valence-corrected chi connectivity index (χ4v) is 4.09. The van der Waals surface area contributed by atoms with Crippen molar-refractivity contribution in [2.24, 2.45) is 5.92 Å². The Labute approximate surface area is 70.7 Å². The zero-order valence-electron chi connectivity index (χ0n) is 8.05. The Balaban J connectivity index is 3.61. The molecule has 0 amide bonds. The van der Waals surface area contributed by atoms with Crippen molar-refractivity contribution < 1.29 is 9.53 Å². The minimum absolute atomic E-state index is 0.147. The highest BCUT2D eigenvalue weighted by molar-refractivity contribution is 6.71. The van der Waals surface area contributed by atoms with Crippen LogP contribution in [0, 0.1) is 5.92 Å². The number of rotatable bonds is 5. The van der Waals surface area contributed by atoms with Gasteiger partial charge >= 0.3 is 0 Å². The van der Waals surface area contributed by atoms with Gasteiger partial charge in [0.25, 0.3) is 0 Å². The van der Waals surface area contributed by atoms with Crippen molar-refractivity contribution in [3.8, 4) is 0 Å². The molecule has 0 aliphatic rings. The van der Waals surface area contributed by atoms with Gasteiger partial charge in [0.05, 0.1) is 13.2 Å². The topological polar surface area (TPSA) is 29.5 Å². The van der Waals surface area contributed by atoms with E-state index in [-0.39, 0.29) is 6.61 Å². The molecule has 68 valence electrons. The molecule has 2 nitrogen and oxygen atoms in total. The molecule has 0 saturated carbocycles. The highest BCUT2D eigenvalue weighted by Gasteiger charge is 2.22. The second-order valence-electron chi connectivity index (χ2n) is 3.93. The predicted molar refractivity (Wildman–Crippen MR) is 50.2 cm³/mol. The summed E-state index contributed by atoms with van der Waals surface area (Å²) < 4.78 is 5.58. The third-order valence-electron chi connectivity index (χ3n) is 1.48. The third-order valence-corrected chi connectivity index (χ3v) is 4.27. The molecule has 0 bridgehead atoms. The van der Waals surface area contributed by atoms with Crippen molar-refractivity contribution in [3.05, 3.63) is 0 Å². The van der Waals surface area contributed by atoms with Gasteiger partial charge in [-0.2, -0.15) is 0 Å². The molecular formula is C8H20O2Si. The number of aliphatic hydroxyl groups excluding tert-OH is 1. The second-order valence-corrected chi connectivity index (χ2v) is 8.15. The first kappa shape index (κ1) is 11.1. The molecule has 0 atom stereocenters. The summed E-state index contributed by atoms with van der Waals surface area (Å²) in [6.07, 6.45) is 0. The van der Waals surface area contributed by atoms with Gasteiger partial charge in [-0.05, 0) is 25.1 Å². The molecule has 0 aliphatic heterocycles. The summed E-state index contributed by atoms with van der Waals surface area (Å²) in [6, 6.07) is 1.17. The van der Waals surface area contributed by atoms with Crippen molar-refractivity contribution in [1.82, 2.24) is 0 Å². The molecule has 0 rings (SSSR count). The summed E-state index contributed by atoms with van der Waals surface area (Å²) in [7, 11) is -1.45. The summed E-state index contributed by atoms with van der Waals surface area (Å²) in [5.41, 5.74) is 0. The van der Waals surface area contributed by atoms with Crippen LogP contribution in [0.5, 0.6) is 0 Å². The van der Waals surface area contributed by atoms with E-state index in [0.29, 0.717) is 12.5 Å². The van der Waals surface area contributed by atoms with E-state index in [9.17, 15) is 0 Å². The lowest BCUT2D eigenvalue weighted by Crippen LogP contribution is -2.32. The summed E-state index contributed by atoms with van der Waals surface area (Å²) in [5.74, 6) is 0.704. The maximum atomic E-state index is 8.56. The Morgan fingerprint density at radius 3 is 2.27 bits per heavy atom. The van der Waals surface area contributed by atoms with E-state index >= 15 is 0 Å². The van der Waals surface area contributed by atoms with E-state index in [0.717, 1.165) is 0 Å². The summed E-state index contributed by atoms with van der Waals surface area (Å²) in [4.78, 5) is 0. The van der Waals surface area contributed by atoms with Crippen LogP contribution < -0.4 is 0 Å². The zero-order chi connectivity index (χ0) is 8.91. The molecule has 0 aromatic heterocycles. The van der Waals surface area contributed by atoms with Crippen molar-refractivity contribution in [3.63, 3.8) is 0 Å². The highest BCUT2D eigenvalue weighted by atomic mass is 28.4. The van der Waals surface area contributed by atoms with E-state index < -0.39 is 8.32 Å². The number of hydrogen-bond donors (Lipinski definition) is 1. The summed E-state index contributed by atoms with van der Waals surface area (Å²) in [6.45, 7) is 9.46. The number of hydrogen-bond acceptors (Lipinski definition) is 2. The molecule has 0 heterocycles. The van der Waals surface area contributed by atoms with Crippen molar-refractivity contribution >= 4 is 8.32 Å². The van der Waals surface area contributed by atoms with Gasteiger partial charge in [0, 0.05) is 0 Å². The lowest BCUT2D eigenvalue weighted by atomic mass is 10.3. The quantitative estimate of drug-likeness (QED) is 0.648. The molecule has 0 spiro atoms. The Morgan fingerprint density at radius 2 is 1.91 bits per heavy atom. The Hall–Kier alpha value is 0.137. The highest BCUT2D eigenvalue weighted by Crippen LogP contribution is 2.16. The molecule has 1 N–H and O–H groups in total. The van der Waals surface area contributed by atoms with Crippen LogP contribution in [-0.2, 0) is 4.43 Å². The van der Waals surface area contributed by atoms with Gasteiger partial charge in [-0.25, -0.2) is 0 Å². The molecule has 0 aromatic rings. The van der Waals surface area contributed by atoms with Crippen LogP contribution in [0.1, 0.15) is 13.8 Å². The van der Waals surface area contributed by atoms with E-state index in [1.807, 2.05) is 0 Å². The summed E-state index contributed by atoms with van der Waals surface area (Å²) >= 11 is 0. The normalized spacial score (nSPS) is 12.5. The second kappa shape index (κ2) is 4.90. The predicted octanol–water partition coefficient (Wildman–Crippen LogP) is 1.86. The first-order valence-corrected chi connectivity index (χ1v) is 7.34. The SMILES string of the molecule is CC(C)C[Si](C)(C)OCCO. The first-order valence-electron chi connectivity index (χ1n) is 4.23. The molecule has 0 unspecified atom stereocenters. The zero-order valence-corrected chi connectivity index (χ0v) is 9.05. The monoisotopic (exact) mass is 176 g/mol. The average molecular weight is 176 g/mol. The third kappa shape index (κ3) is 6.53. The van der Waals surface area contributed by atoms with Crippen LogP contribution in [0.15, 0.2) is 0 Å². The molecular weight excluding hydrogens is 156 g/mol. The molecule has 0 aliphatic carbocycles. The minimum Gasteiger partial charge on any atom is -0.415 e. The van der Waals surface area contributed by atoms with Crippen LogP contribution in [0.2, 0.25) is 19.1 Å². The Morgan fingerprint density at radius 1 is 1.36 bits per heavy atom. The maximum Gasteiger partial charge on any atom is 0.187 e. The van der Waals surface area contributed by atoms with Crippen LogP contribution >= 0.6 is 0 Å². The smallest absolute Gasteiger partial charge is 0.187 e. The first-order chi connectivity index (χ1) is 4.98. The lowest BCUT2D eigenvalue weighted by molar-refractivity contribution is 0.194. The molecule has 0 radical (unpaired) electrons. The van der Waals surface area contributed by atoms with Crippen LogP contribution in [0.25, 0.3) is 0 Å². The van der Waals surface area contributed by atoms with Gasteiger partial charge in [0.2, 0.25) is 0 Å². The maximum absolute atomic E-state index is 8.56. The Bertz CT molecular complexity index is 102. The van der Waals surface area contributed by atoms with E-state index in [2.05, 4.69) is 26.9 Å². The standard InChI is InChI=1S/C8H20O2Si/c1-8(2)7-11(3,4)10-6-5-9/h8-9H,5-7H2,1-4H3. The fourth-order valence-electron chi connectivity index (χ4n) is 1.36. The van der Waals surface area contributed by atoms with Crippen molar-refractivity contribution in [2.45, 2.75) is 33.0 Å². The summed E-state index contributed by atoms with van der Waals surface area (Å²) in [5, 5.41) is 8.56. The lowest BCUT2D eigenvalue weighted by Gasteiger charge is -2.24. The van der Waals surface area contributed by atoms with Gasteiger partial charge in [0.1, 0.15) is 0 Å². The van der Waals surface area contributed by atoms with Crippen molar-refractivity contribution in [2.75, 3.05) is 13.2 Å². The molecule has 0 aromatic carbocycles. The molecule has 3 heteroatoms. The van der Waals surface area contributed by atoms with Gasteiger partial charge in [0.15, 0.2) is 8.32 Å². The van der Waals surface area contributed by atoms with Gasteiger partial charge < -0.3 is 9.53 Å². The Kier molecular flexibility index (Phi) is 4.96. The molecule has 11 heavy (non-hydrogen) atoms. The van der Waals surface area contributed by atoms with Gasteiger partial charge in [-0.3, -0.25) is 0 Å². The number of aliphatic hydroxyl groups is 1. The van der Waals surface area contributed by atoms with Crippen LogP contribution in [0.3, 0.4) is 0 Å². The van der Waals surface area contributed by atoms with Crippen molar-refractivity contribution in [1.29, 1.82) is 0 Å². The van der Waals surface area contributed by atoms with Crippen LogP contribution in [-0.4, -0.2) is 26.6 Å². The fraction of sp³-hybridized carbons (Fsp3) is 1.00. The van der Waals surface area contributed by atoms with Crippen LogP contribution in [0.4, 0.5) is 0 Å². The molecule has 0 fully saturated rings. The van der Waals surface area contributed by atoms with E-state index in [1.165, 1.54) is 6.04 Å². The van der Waals surface area contributed by atoms with E-state index in [4.69, 9.17) is 9.53 Å². The average Bonchev–Trinajstić information content (AvgIpc) is 1.81. The molecule has 0 saturated heterocycles. The van der Waals surface area contributed by atoms with Gasteiger partial charge in [-0.15, -0.1) is 0 Å². The minimum atomic E-state index is -1.45. The van der Waals surface area contributed by atoms with Gasteiger partial charge in [-0.1, -0.05) is 13.8 Å². The van der Waals surface area contributed by atoms with E-state index in [1.54, 1.807) is 0 Å².